The predicted molar refractivity (Wildman–Crippen MR) is 30.5 cm³/mol. The molecule has 6 heavy (non-hydrogen) atoms. The minimum atomic E-state index is -0.400. The van der Waals surface area contributed by atoms with Crippen LogP contribution in [0.4, 0.5) is 0 Å². The van der Waals surface area contributed by atoms with Gasteiger partial charge in [-0.25, -0.2) is 0 Å². The van der Waals surface area contributed by atoms with Gasteiger partial charge in [-0.05, 0) is 0 Å². The van der Waals surface area contributed by atoms with Crippen LogP contribution in [-0.4, -0.2) is 20.2 Å². The fourth-order valence-electron chi connectivity index (χ4n) is 0.875. The molecule has 1 aliphatic heterocycles. The van der Waals surface area contributed by atoms with Crippen molar-refractivity contribution in [3.05, 3.63) is 0 Å². The summed E-state index contributed by atoms with van der Waals surface area (Å²) >= 11 is -0.400. The molecule has 0 spiro atoms. The van der Waals surface area contributed by atoms with E-state index in [9.17, 15) is 0 Å². The molecule has 0 nitrogen and oxygen atoms in total. The fourth-order valence-corrected chi connectivity index (χ4v) is 5.87. The van der Waals surface area contributed by atoms with Crippen LogP contribution in [0.3, 0.4) is 0 Å². The van der Waals surface area contributed by atoms with Crippen LogP contribution in [0.1, 0.15) is 12.8 Å². The van der Waals surface area contributed by atoms with E-state index in [2.05, 4.69) is 4.87 Å². The summed E-state index contributed by atoms with van der Waals surface area (Å²) in [4.78, 5) is 2.52. The molecule has 1 heterocycles. The first-order valence-electron chi connectivity index (χ1n) is 2.58. The van der Waals surface area contributed by atoms with E-state index in [-0.39, 0.29) is 0 Å². The van der Waals surface area contributed by atoms with Crippen molar-refractivity contribution in [2.75, 3.05) is 0 Å². The Hall–Kier alpha value is 0.818. The maximum atomic E-state index is 2.52. The number of hydrogen-bond acceptors (Lipinski definition) is 0. The standard InChI is InChI=1S/C4H8.CH3.Sb/c1-3-4-2;;/h1-4H2;1H3;. The van der Waals surface area contributed by atoms with Gasteiger partial charge in [0.05, 0.1) is 0 Å². The predicted octanol–water partition coefficient (Wildman–Crippen LogP) is 1.90. The Labute approximate surface area is 46.9 Å². The molecule has 1 fully saturated rings. The van der Waals surface area contributed by atoms with E-state index in [4.69, 9.17) is 0 Å². The summed E-state index contributed by atoms with van der Waals surface area (Å²) in [5.74, 6) is 0. The zero-order valence-electron chi connectivity index (χ0n) is 4.28. The topological polar surface area (TPSA) is 0 Å². The van der Waals surface area contributed by atoms with Crippen LogP contribution >= 0.6 is 0 Å². The van der Waals surface area contributed by atoms with Crippen molar-refractivity contribution in [1.29, 1.82) is 0 Å². The molecule has 0 atom stereocenters. The van der Waals surface area contributed by atoms with E-state index in [1.54, 1.807) is 21.6 Å². The molecule has 1 saturated heterocycles. The van der Waals surface area contributed by atoms with Crippen LogP contribution in [0.25, 0.3) is 0 Å². The normalized spacial score (nSPS) is 25.5. The third-order valence-corrected chi connectivity index (χ3v) is 7.49. The van der Waals surface area contributed by atoms with Crippen molar-refractivity contribution in [3.63, 3.8) is 0 Å². The van der Waals surface area contributed by atoms with Gasteiger partial charge in [0.15, 0.2) is 0 Å². The van der Waals surface area contributed by atoms with E-state index in [0.29, 0.717) is 0 Å². The average molecular weight is 193 g/mol. The molecule has 0 saturated carbocycles. The quantitative estimate of drug-likeness (QED) is 0.515. The summed E-state index contributed by atoms with van der Waals surface area (Å²) < 4.78 is 3.34. The van der Waals surface area contributed by atoms with Crippen molar-refractivity contribution < 1.29 is 0 Å². The molecule has 1 aliphatic rings. The van der Waals surface area contributed by atoms with Crippen LogP contribution in [0.2, 0.25) is 13.6 Å². The third-order valence-electron chi connectivity index (χ3n) is 1.33. The Morgan fingerprint density at radius 2 is 1.67 bits per heavy atom. The summed E-state index contributed by atoms with van der Waals surface area (Å²) in [7, 11) is 0. The summed E-state index contributed by atoms with van der Waals surface area (Å²) in [6.07, 6.45) is 3.14. The Balaban J connectivity index is 2.18. The van der Waals surface area contributed by atoms with E-state index in [1.165, 1.54) is 0 Å². The Morgan fingerprint density at radius 1 is 1.17 bits per heavy atom. The van der Waals surface area contributed by atoms with Crippen molar-refractivity contribution in [3.8, 4) is 0 Å². The Kier molecular flexibility index (Phi) is 1.83. The van der Waals surface area contributed by atoms with Crippen LogP contribution in [0.15, 0.2) is 0 Å². The van der Waals surface area contributed by atoms with Crippen LogP contribution in [-0.2, 0) is 0 Å². The summed E-state index contributed by atoms with van der Waals surface area (Å²) in [5, 5.41) is 0. The maximum absolute atomic E-state index is 2.52. The van der Waals surface area contributed by atoms with Crippen molar-refractivity contribution in [2.45, 2.75) is 26.4 Å². The molecular weight excluding hydrogens is 182 g/mol. The molecule has 0 aromatic carbocycles. The molecule has 0 unspecified atom stereocenters. The molecule has 1 rings (SSSR count). The molecule has 0 aromatic heterocycles. The second-order valence-electron chi connectivity index (χ2n) is 2.01. The van der Waals surface area contributed by atoms with Crippen LogP contribution in [0, 0.1) is 0 Å². The first-order valence-corrected chi connectivity index (χ1v) is 8.74. The van der Waals surface area contributed by atoms with E-state index in [0.717, 1.165) is 0 Å². The zero-order valence-corrected chi connectivity index (χ0v) is 6.83. The van der Waals surface area contributed by atoms with Crippen molar-refractivity contribution >= 4 is 20.2 Å². The van der Waals surface area contributed by atoms with Crippen LogP contribution < -0.4 is 0 Å². The van der Waals surface area contributed by atoms with Gasteiger partial charge in [-0.3, -0.25) is 0 Å². The van der Waals surface area contributed by atoms with E-state index < -0.39 is 20.2 Å². The van der Waals surface area contributed by atoms with Gasteiger partial charge in [-0.2, -0.15) is 0 Å². The average Bonchev–Trinajstić information content (AvgIpc) is 1.86. The summed E-state index contributed by atoms with van der Waals surface area (Å²) in [5.41, 5.74) is 0. The first-order chi connectivity index (χ1) is 2.89. The van der Waals surface area contributed by atoms with Crippen LogP contribution in [0.5, 0.6) is 0 Å². The molecule has 0 amide bonds. The molecular formula is C5H11Sb. The summed E-state index contributed by atoms with van der Waals surface area (Å²) in [6.45, 7) is 0. The van der Waals surface area contributed by atoms with Crippen molar-refractivity contribution in [2.24, 2.45) is 0 Å². The Bertz CT molecular complexity index is 37.2. The fraction of sp³-hybridized carbons (Fsp3) is 1.00. The molecule has 0 N–H and O–H groups in total. The summed E-state index contributed by atoms with van der Waals surface area (Å²) in [6, 6.07) is 0. The van der Waals surface area contributed by atoms with E-state index in [1.807, 2.05) is 0 Å². The number of rotatable bonds is 0. The van der Waals surface area contributed by atoms with E-state index >= 15 is 0 Å². The van der Waals surface area contributed by atoms with Gasteiger partial charge in [0, 0.05) is 0 Å². The number of hydrogen-bond donors (Lipinski definition) is 0. The molecule has 36 valence electrons. The minimum absolute atomic E-state index is 0.400. The molecule has 0 radical (unpaired) electrons. The first kappa shape index (κ1) is 4.96. The van der Waals surface area contributed by atoms with Gasteiger partial charge >= 0.3 is 46.7 Å². The van der Waals surface area contributed by atoms with Gasteiger partial charge < -0.3 is 0 Å². The Morgan fingerprint density at radius 3 is 1.83 bits per heavy atom. The second-order valence-corrected chi connectivity index (χ2v) is 9.45. The van der Waals surface area contributed by atoms with Crippen molar-refractivity contribution in [1.82, 2.24) is 0 Å². The van der Waals surface area contributed by atoms with Gasteiger partial charge in [-0.1, -0.05) is 0 Å². The van der Waals surface area contributed by atoms with Gasteiger partial charge in [0.1, 0.15) is 0 Å². The van der Waals surface area contributed by atoms with Gasteiger partial charge in [-0.15, -0.1) is 0 Å². The molecule has 0 bridgehead atoms. The molecule has 1 heteroatoms. The second kappa shape index (κ2) is 2.21. The molecule has 0 aromatic rings. The SMILES string of the molecule is [CH3][Sb]1[CH2]CC[CH2]1. The van der Waals surface area contributed by atoms with Gasteiger partial charge in [0.2, 0.25) is 0 Å². The third kappa shape index (κ3) is 1.15. The van der Waals surface area contributed by atoms with Gasteiger partial charge in [0.25, 0.3) is 0 Å². The zero-order chi connectivity index (χ0) is 4.41. The monoisotopic (exact) mass is 192 g/mol. The molecule has 0 aliphatic carbocycles.